The number of amides is 1. The molecule has 158 valence electrons. The van der Waals surface area contributed by atoms with Crippen LogP contribution < -0.4 is 9.64 Å². The van der Waals surface area contributed by atoms with Crippen LogP contribution in [0.15, 0.2) is 104 Å². The number of ether oxygens (including phenoxy) is 1. The lowest BCUT2D eigenvalue weighted by molar-refractivity contribution is -0.121. The number of anilines is 1. The van der Waals surface area contributed by atoms with Crippen LogP contribution in [0.3, 0.4) is 0 Å². The SMILES string of the molecule is C=CC[C@@]1(c2c(OCc3ccccc3)ccc3ccccc23)C(=O)N(C)c2ccccc21. The predicted molar refractivity (Wildman–Crippen MR) is 130 cm³/mol. The van der Waals surface area contributed by atoms with Gasteiger partial charge >= 0.3 is 0 Å². The molecule has 5 rings (SSSR count). The van der Waals surface area contributed by atoms with E-state index in [1.807, 2.05) is 79.9 Å². The summed E-state index contributed by atoms with van der Waals surface area (Å²) in [7, 11) is 1.85. The van der Waals surface area contributed by atoms with Gasteiger partial charge < -0.3 is 9.64 Å². The summed E-state index contributed by atoms with van der Waals surface area (Å²) in [5.41, 5.74) is 3.03. The molecule has 32 heavy (non-hydrogen) atoms. The Labute approximate surface area is 188 Å². The summed E-state index contributed by atoms with van der Waals surface area (Å²) in [5, 5.41) is 2.11. The van der Waals surface area contributed by atoms with E-state index >= 15 is 0 Å². The van der Waals surface area contributed by atoms with Gasteiger partial charge in [0.25, 0.3) is 0 Å². The molecule has 0 radical (unpaired) electrons. The first-order valence-electron chi connectivity index (χ1n) is 10.8. The molecule has 3 heteroatoms. The van der Waals surface area contributed by atoms with Gasteiger partial charge in [0.2, 0.25) is 5.91 Å². The number of hydrogen-bond donors (Lipinski definition) is 0. The van der Waals surface area contributed by atoms with Crippen LogP contribution in [0.4, 0.5) is 5.69 Å². The zero-order valence-corrected chi connectivity index (χ0v) is 18.1. The minimum absolute atomic E-state index is 0.0412. The normalized spacial score (nSPS) is 17.4. The van der Waals surface area contributed by atoms with E-state index in [0.29, 0.717) is 13.0 Å². The summed E-state index contributed by atoms with van der Waals surface area (Å²) < 4.78 is 6.41. The zero-order valence-electron chi connectivity index (χ0n) is 18.1. The third kappa shape index (κ3) is 3.01. The highest BCUT2D eigenvalue weighted by atomic mass is 16.5. The van der Waals surface area contributed by atoms with Gasteiger partial charge in [0.15, 0.2) is 0 Å². The molecular weight excluding hydrogens is 394 g/mol. The maximum Gasteiger partial charge on any atom is 0.242 e. The highest BCUT2D eigenvalue weighted by Crippen LogP contribution is 2.52. The van der Waals surface area contributed by atoms with Crippen LogP contribution in [0.2, 0.25) is 0 Å². The summed E-state index contributed by atoms with van der Waals surface area (Å²) in [6, 6.07) is 30.4. The van der Waals surface area contributed by atoms with Gasteiger partial charge in [0, 0.05) is 18.3 Å². The van der Waals surface area contributed by atoms with Crippen molar-refractivity contribution in [1.29, 1.82) is 0 Å². The highest BCUT2D eigenvalue weighted by Gasteiger charge is 2.52. The second-order valence-corrected chi connectivity index (χ2v) is 8.21. The molecule has 0 aromatic heterocycles. The van der Waals surface area contributed by atoms with Gasteiger partial charge in [-0.25, -0.2) is 0 Å². The number of nitrogens with zero attached hydrogens (tertiary/aromatic N) is 1. The Balaban J connectivity index is 1.77. The molecule has 0 saturated heterocycles. The monoisotopic (exact) mass is 419 g/mol. The molecule has 0 fully saturated rings. The summed E-state index contributed by atoms with van der Waals surface area (Å²) >= 11 is 0. The van der Waals surface area contributed by atoms with Gasteiger partial charge in [0.05, 0.1) is 0 Å². The molecule has 1 atom stereocenters. The molecule has 0 spiro atoms. The third-order valence-electron chi connectivity index (χ3n) is 6.40. The van der Waals surface area contributed by atoms with Gasteiger partial charge in [-0.3, -0.25) is 4.79 Å². The molecule has 1 heterocycles. The lowest BCUT2D eigenvalue weighted by atomic mass is 9.71. The predicted octanol–water partition coefficient (Wildman–Crippen LogP) is 6.26. The summed E-state index contributed by atoms with van der Waals surface area (Å²) in [5.74, 6) is 0.771. The van der Waals surface area contributed by atoms with E-state index in [0.717, 1.165) is 38.9 Å². The number of benzene rings is 4. The molecule has 0 saturated carbocycles. The zero-order chi connectivity index (χ0) is 22.1. The molecule has 0 N–H and O–H groups in total. The largest absolute Gasteiger partial charge is 0.489 e. The lowest BCUT2D eigenvalue weighted by Gasteiger charge is -2.31. The van der Waals surface area contributed by atoms with Gasteiger partial charge in [-0.05, 0) is 40.5 Å². The van der Waals surface area contributed by atoms with Crippen LogP contribution in [0, 0.1) is 0 Å². The average Bonchev–Trinajstić information content (AvgIpc) is 3.06. The van der Waals surface area contributed by atoms with Gasteiger partial charge in [-0.15, -0.1) is 6.58 Å². The third-order valence-corrected chi connectivity index (χ3v) is 6.40. The Morgan fingerprint density at radius 1 is 0.906 bits per heavy atom. The Hall–Kier alpha value is -3.85. The second-order valence-electron chi connectivity index (χ2n) is 8.21. The fraction of sp³-hybridized carbons (Fsp3) is 0.138. The Morgan fingerprint density at radius 3 is 2.44 bits per heavy atom. The maximum atomic E-state index is 14.0. The van der Waals surface area contributed by atoms with Crippen molar-refractivity contribution in [2.24, 2.45) is 0 Å². The van der Waals surface area contributed by atoms with E-state index < -0.39 is 5.41 Å². The molecule has 1 amide bonds. The Morgan fingerprint density at radius 2 is 1.62 bits per heavy atom. The second kappa shape index (κ2) is 8.01. The Bertz CT molecular complexity index is 1310. The number of allylic oxidation sites excluding steroid dienone is 1. The fourth-order valence-corrected chi connectivity index (χ4v) is 4.94. The van der Waals surface area contributed by atoms with Crippen LogP contribution in [0.1, 0.15) is 23.1 Å². The van der Waals surface area contributed by atoms with Crippen LogP contribution >= 0.6 is 0 Å². The summed E-state index contributed by atoms with van der Waals surface area (Å²) in [6.45, 7) is 4.45. The number of para-hydroxylation sites is 1. The molecule has 1 aliphatic heterocycles. The van der Waals surface area contributed by atoms with Gasteiger partial charge in [0.1, 0.15) is 17.8 Å². The van der Waals surface area contributed by atoms with Crippen molar-refractivity contribution >= 4 is 22.4 Å². The van der Waals surface area contributed by atoms with Crippen molar-refractivity contribution in [3.8, 4) is 5.75 Å². The fourth-order valence-electron chi connectivity index (χ4n) is 4.94. The minimum Gasteiger partial charge on any atom is -0.489 e. The van der Waals surface area contributed by atoms with Crippen molar-refractivity contribution in [2.45, 2.75) is 18.4 Å². The van der Waals surface area contributed by atoms with E-state index in [2.05, 4.69) is 30.8 Å². The topological polar surface area (TPSA) is 29.5 Å². The van der Waals surface area contributed by atoms with Crippen LogP contribution in [0.5, 0.6) is 5.75 Å². The van der Waals surface area contributed by atoms with Crippen molar-refractivity contribution < 1.29 is 9.53 Å². The number of fused-ring (bicyclic) bond motifs is 2. The first kappa shape index (κ1) is 20.1. The van der Waals surface area contributed by atoms with Gasteiger partial charge in [-0.2, -0.15) is 0 Å². The van der Waals surface area contributed by atoms with Crippen LogP contribution in [-0.2, 0) is 16.8 Å². The van der Waals surface area contributed by atoms with E-state index in [1.54, 1.807) is 4.90 Å². The minimum atomic E-state index is -0.889. The molecule has 0 unspecified atom stereocenters. The molecule has 3 nitrogen and oxygen atoms in total. The number of carbonyl (C=O) groups is 1. The van der Waals surface area contributed by atoms with Crippen LogP contribution in [0.25, 0.3) is 10.8 Å². The number of hydrogen-bond acceptors (Lipinski definition) is 2. The average molecular weight is 420 g/mol. The van der Waals surface area contributed by atoms with Crippen molar-refractivity contribution in [3.63, 3.8) is 0 Å². The molecule has 1 aliphatic rings. The van der Waals surface area contributed by atoms with Gasteiger partial charge in [-0.1, -0.05) is 84.9 Å². The standard InChI is InChI=1S/C29H25NO2/c1-3-19-29(24-15-9-10-16-25(24)30(2)28(29)31)27-23-14-8-7-13-22(23)17-18-26(27)32-20-21-11-5-4-6-12-21/h3-18H,1,19-20H2,2H3/t29-/m1/s1. The molecular formula is C29H25NO2. The van der Waals surface area contributed by atoms with E-state index in [9.17, 15) is 4.79 Å². The molecule has 0 aliphatic carbocycles. The summed E-state index contributed by atoms with van der Waals surface area (Å²) in [4.78, 5) is 15.7. The van der Waals surface area contributed by atoms with E-state index in [4.69, 9.17) is 4.74 Å². The number of rotatable bonds is 6. The Kier molecular flexibility index (Phi) is 5.02. The molecule has 4 aromatic carbocycles. The van der Waals surface area contributed by atoms with E-state index in [1.165, 1.54) is 0 Å². The van der Waals surface area contributed by atoms with Crippen LogP contribution in [-0.4, -0.2) is 13.0 Å². The molecule has 0 bridgehead atoms. The smallest absolute Gasteiger partial charge is 0.242 e. The van der Waals surface area contributed by atoms with Crippen molar-refractivity contribution in [3.05, 3.63) is 120 Å². The highest BCUT2D eigenvalue weighted by molar-refractivity contribution is 6.13. The molecule has 4 aromatic rings. The quantitative estimate of drug-likeness (QED) is 0.345. The van der Waals surface area contributed by atoms with Crippen molar-refractivity contribution in [2.75, 3.05) is 11.9 Å². The first-order valence-corrected chi connectivity index (χ1v) is 10.8. The van der Waals surface area contributed by atoms with Crippen molar-refractivity contribution in [1.82, 2.24) is 0 Å². The maximum absolute atomic E-state index is 14.0. The van der Waals surface area contributed by atoms with E-state index in [-0.39, 0.29) is 5.91 Å². The number of carbonyl (C=O) groups excluding carboxylic acids is 1. The first-order chi connectivity index (χ1) is 15.7. The summed E-state index contributed by atoms with van der Waals surface area (Å²) in [6.07, 6.45) is 2.33. The lowest BCUT2D eigenvalue weighted by Crippen LogP contribution is -2.39. The number of likely N-dealkylation sites (N-methyl/N-ethyl adjacent to an activating group) is 1.